The van der Waals surface area contributed by atoms with Crippen LogP contribution in [-0.4, -0.2) is 47.8 Å². The molecule has 0 aromatic rings. The van der Waals surface area contributed by atoms with E-state index < -0.39 is 8.25 Å². The van der Waals surface area contributed by atoms with Crippen LogP contribution < -0.4 is 0 Å². The highest BCUT2D eigenvalue weighted by atomic mass is 31.1. The molecule has 0 aliphatic carbocycles. The number of hydrogen-bond acceptors (Lipinski definition) is 5. The van der Waals surface area contributed by atoms with Crippen LogP contribution in [0.15, 0.2) is 48.0 Å². The summed E-state index contributed by atoms with van der Waals surface area (Å²) in [6.45, 7) is 6.67. The summed E-state index contributed by atoms with van der Waals surface area (Å²) >= 11 is 0. The molecule has 0 aromatic carbocycles. The summed E-state index contributed by atoms with van der Waals surface area (Å²) in [6, 6.07) is 0. The lowest BCUT2D eigenvalue weighted by atomic mass is 10.2. The van der Waals surface area contributed by atoms with Gasteiger partial charge >= 0.3 is 8.25 Å². The normalized spacial score (nSPS) is 18.4. The quantitative estimate of drug-likeness (QED) is 0.264. The van der Waals surface area contributed by atoms with Gasteiger partial charge in [-0.05, 0) is 51.7 Å². The number of likely N-dealkylation sites (tertiary alicyclic amines) is 2. The Bertz CT molecular complexity index is 641. The van der Waals surface area contributed by atoms with Crippen molar-refractivity contribution in [1.82, 2.24) is 9.80 Å². The maximum Gasteiger partial charge on any atom is 0.804 e. The lowest BCUT2D eigenvalue weighted by Crippen LogP contribution is -2.28. The second-order valence-electron chi connectivity index (χ2n) is 6.79. The Kier molecular flexibility index (Phi) is 8.95. The average molecular weight is 407 g/mol. The number of carbonyl (C=O) groups is 2. The minimum atomic E-state index is -2.36. The molecule has 0 bridgehead atoms. The zero-order valence-electron chi connectivity index (χ0n) is 16.5. The maximum atomic E-state index is 12.1. The van der Waals surface area contributed by atoms with Gasteiger partial charge in [0.25, 0.3) is 0 Å². The predicted molar refractivity (Wildman–Crippen MR) is 107 cm³/mol. The smallest absolute Gasteiger partial charge is 0.339 e. The van der Waals surface area contributed by atoms with Crippen LogP contribution >= 0.6 is 8.25 Å². The van der Waals surface area contributed by atoms with Crippen LogP contribution in [0, 0.1) is 0 Å². The minimum absolute atomic E-state index is 0.0105. The number of hydrogen-bond donors (Lipinski definition) is 0. The van der Waals surface area contributed by atoms with E-state index in [1.54, 1.807) is 26.0 Å². The van der Waals surface area contributed by atoms with Gasteiger partial charge < -0.3 is 9.80 Å². The zero-order valence-corrected chi connectivity index (χ0v) is 17.4. The molecule has 0 spiro atoms. The van der Waals surface area contributed by atoms with Crippen LogP contribution in [-0.2, 0) is 23.2 Å². The molecule has 0 unspecified atom stereocenters. The molecule has 2 fully saturated rings. The molecular weight excluding hydrogens is 379 g/mol. The molecule has 0 aromatic heterocycles. The third-order valence-electron chi connectivity index (χ3n) is 4.60. The first-order valence-corrected chi connectivity index (χ1v) is 10.6. The predicted octanol–water partition coefficient (Wildman–Crippen LogP) is 3.84. The van der Waals surface area contributed by atoms with E-state index >= 15 is 0 Å². The number of carbonyl (C=O) groups excluding carboxylic acids is 2. The van der Waals surface area contributed by atoms with Crippen molar-refractivity contribution in [2.45, 2.75) is 39.5 Å². The lowest BCUT2D eigenvalue weighted by Gasteiger charge is -2.14. The summed E-state index contributed by atoms with van der Waals surface area (Å²) in [5.74, 6) is 0.0210. The van der Waals surface area contributed by atoms with Crippen molar-refractivity contribution in [1.29, 1.82) is 0 Å². The van der Waals surface area contributed by atoms with Crippen LogP contribution in [0.2, 0.25) is 0 Å². The average Bonchev–Trinajstić information content (AvgIpc) is 3.40. The zero-order chi connectivity index (χ0) is 20.4. The summed E-state index contributed by atoms with van der Waals surface area (Å²) in [6.07, 6.45) is 12.9. The molecule has 152 valence electrons. The third kappa shape index (κ3) is 6.97. The Labute approximate surface area is 167 Å². The number of amides is 2. The van der Waals surface area contributed by atoms with Gasteiger partial charge in [-0.3, -0.25) is 9.59 Å². The van der Waals surface area contributed by atoms with Gasteiger partial charge in [-0.1, -0.05) is 12.2 Å². The molecule has 2 amide bonds. The topological polar surface area (TPSA) is 76.1 Å². The molecule has 2 saturated heterocycles. The Morgan fingerprint density at radius 1 is 0.750 bits per heavy atom. The van der Waals surface area contributed by atoms with E-state index in [4.69, 9.17) is 9.05 Å². The Balaban J connectivity index is 1.69. The second kappa shape index (κ2) is 11.4. The Hall–Kier alpha value is -2.40. The SMILES string of the molecule is C/C(=C/C=C/O[P+](=O)O/C=C/C=C(/C)C(=O)N1CCCC1)C(=O)N1CCCC1. The molecule has 0 atom stereocenters. The van der Waals surface area contributed by atoms with Crippen molar-refractivity contribution < 1.29 is 23.2 Å². The highest BCUT2D eigenvalue weighted by molar-refractivity contribution is 7.33. The lowest BCUT2D eigenvalue weighted by molar-refractivity contribution is -0.126. The van der Waals surface area contributed by atoms with Gasteiger partial charge in [0.05, 0.1) is 0 Å². The van der Waals surface area contributed by atoms with E-state index in [0.29, 0.717) is 11.1 Å². The molecule has 2 heterocycles. The van der Waals surface area contributed by atoms with Gasteiger partial charge in [0.1, 0.15) is 0 Å². The summed E-state index contributed by atoms with van der Waals surface area (Å²) in [5, 5.41) is 0. The van der Waals surface area contributed by atoms with Gasteiger partial charge in [-0.15, -0.1) is 0 Å². The summed E-state index contributed by atoms with van der Waals surface area (Å²) in [5.41, 5.74) is 1.20. The van der Waals surface area contributed by atoms with Crippen LogP contribution in [0.1, 0.15) is 39.5 Å². The molecule has 0 radical (unpaired) electrons. The van der Waals surface area contributed by atoms with Crippen LogP contribution in [0.25, 0.3) is 0 Å². The molecule has 8 heteroatoms. The number of allylic oxidation sites excluding steroid dienone is 4. The van der Waals surface area contributed by atoms with E-state index in [1.165, 1.54) is 24.7 Å². The summed E-state index contributed by atoms with van der Waals surface area (Å²) < 4.78 is 21.5. The van der Waals surface area contributed by atoms with E-state index in [-0.39, 0.29) is 11.8 Å². The van der Waals surface area contributed by atoms with Crippen molar-refractivity contribution >= 4 is 20.1 Å². The monoisotopic (exact) mass is 407 g/mol. The van der Waals surface area contributed by atoms with Gasteiger partial charge in [-0.2, -0.15) is 0 Å². The number of rotatable bonds is 8. The van der Waals surface area contributed by atoms with Crippen molar-refractivity contribution in [3.63, 3.8) is 0 Å². The molecule has 0 N–H and O–H groups in total. The van der Waals surface area contributed by atoms with Crippen LogP contribution in [0.5, 0.6) is 0 Å². The van der Waals surface area contributed by atoms with Gasteiger partial charge in [-0.25, -0.2) is 9.05 Å². The highest BCUT2D eigenvalue weighted by Gasteiger charge is 2.20. The van der Waals surface area contributed by atoms with E-state index in [2.05, 4.69) is 0 Å². The minimum Gasteiger partial charge on any atom is -0.339 e. The van der Waals surface area contributed by atoms with Crippen LogP contribution in [0.3, 0.4) is 0 Å². The maximum absolute atomic E-state index is 12.1. The van der Waals surface area contributed by atoms with E-state index in [9.17, 15) is 14.2 Å². The Morgan fingerprint density at radius 3 is 1.46 bits per heavy atom. The van der Waals surface area contributed by atoms with Crippen molar-refractivity contribution in [2.24, 2.45) is 0 Å². The van der Waals surface area contributed by atoms with Gasteiger partial charge in [0.2, 0.25) is 11.8 Å². The molecule has 28 heavy (non-hydrogen) atoms. The highest BCUT2D eigenvalue weighted by Crippen LogP contribution is 2.24. The molecule has 2 rings (SSSR count). The van der Waals surface area contributed by atoms with Gasteiger partial charge in [0.15, 0.2) is 12.5 Å². The van der Waals surface area contributed by atoms with E-state index in [0.717, 1.165) is 51.9 Å². The first-order valence-electron chi connectivity index (χ1n) is 9.55. The first kappa shape index (κ1) is 21.9. The van der Waals surface area contributed by atoms with Crippen molar-refractivity contribution in [3.8, 4) is 0 Å². The van der Waals surface area contributed by atoms with Gasteiger partial charge in [0, 0.05) is 41.9 Å². The van der Waals surface area contributed by atoms with Crippen LogP contribution in [0.4, 0.5) is 0 Å². The van der Waals surface area contributed by atoms with Crippen molar-refractivity contribution in [2.75, 3.05) is 26.2 Å². The fourth-order valence-corrected chi connectivity index (χ4v) is 3.43. The third-order valence-corrected chi connectivity index (χ3v) is 5.19. The Morgan fingerprint density at radius 2 is 1.11 bits per heavy atom. The molecule has 0 saturated carbocycles. The fourth-order valence-electron chi connectivity index (χ4n) is 3.04. The molecular formula is C20H28N2O5P+. The van der Waals surface area contributed by atoms with E-state index in [1.807, 2.05) is 9.80 Å². The van der Waals surface area contributed by atoms with Crippen molar-refractivity contribution in [3.05, 3.63) is 48.0 Å². The summed E-state index contributed by atoms with van der Waals surface area (Å²) in [7, 11) is -2.36. The molecule has 2 aliphatic rings. The molecule has 2 aliphatic heterocycles. The fraction of sp³-hybridized carbons (Fsp3) is 0.500. The second-order valence-corrected chi connectivity index (χ2v) is 7.66. The molecule has 7 nitrogen and oxygen atoms in total. The first-order chi connectivity index (χ1) is 13.5. The standard InChI is InChI=1S/C20H28N2O5P/c1-17(19(23)21-11-3-4-12-21)9-7-15-26-28(25)27-16-8-10-18(2)20(24)22-13-5-6-14-22/h7-10,15-16H,3-6,11-14H2,1-2H3/q+1/b15-7+,16-8+,17-9-,18-10-. The summed E-state index contributed by atoms with van der Waals surface area (Å²) in [4.78, 5) is 27.8. The largest absolute Gasteiger partial charge is 0.804 e. The number of nitrogens with zero attached hydrogens (tertiary/aromatic N) is 2.